The van der Waals surface area contributed by atoms with E-state index in [1.54, 1.807) is 12.1 Å². The number of hydrogen-bond donors (Lipinski definition) is 1. The number of fused-ring (bicyclic) bond motifs is 1. The first kappa shape index (κ1) is 16.2. The Kier molecular flexibility index (Phi) is 4.33. The van der Waals surface area contributed by atoms with Crippen molar-refractivity contribution in [2.24, 2.45) is 0 Å². The Bertz CT molecular complexity index is 1090. The largest absolute Gasteiger partial charge is 0.324 e. The van der Waals surface area contributed by atoms with E-state index in [2.05, 4.69) is 20.7 Å². The van der Waals surface area contributed by atoms with Crippen molar-refractivity contribution < 1.29 is 4.79 Å². The second-order valence-corrected chi connectivity index (χ2v) is 6.11. The van der Waals surface area contributed by atoms with Crippen molar-refractivity contribution in [3.63, 3.8) is 0 Å². The maximum Gasteiger partial charge on any atom is 0.248 e. The Labute approximate surface area is 154 Å². The van der Waals surface area contributed by atoms with E-state index in [0.29, 0.717) is 16.4 Å². The topological polar surface area (TPSA) is 72.7 Å². The number of rotatable bonds is 4. The Balaban J connectivity index is 1.51. The van der Waals surface area contributed by atoms with Gasteiger partial charge in [0.2, 0.25) is 11.7 Å². The van der Waals surface area contributed by atoms with Gasteiger partial charge in [0, 0.05) is 16.6 Å². The van der Waals surface area contributed by atoms with Crippen molar-refractivity contribution in [1.82, 2.24) is 20.2 Å². The number of nitrogens with zero attached hydrogens (tertiary/aromatic N) is 4. The molecule has 1 aromatic heterocycles. The van der Waals surface area contributed by atoms with Gasteiger partial charge in [-0.25, -0.2) is 0 Å². The number of anilines is 1. The monoisotopic (exact) mass is 363 g/mol. The third-order valence-corrected chi connectivity index (χ3v) is 4.25. The summed E-state index contributed by atoms with van der Waals surface area (Å²) in [5, 5.41) is 17.6. The molecule has 0 fully saturated rings. The third kappa shape index (κ3) is 3.27. The van der Waals surface area contributed by atoms with E-state index in [9.17, 15) is 4.79 Å². The lowest BCUT2D eigenvalue weighted by Crippen LogP contribution is -2.20. The molecule has 0 spiro atoms. The first-order chi connectivity index (χ1) is 12.7. The molecule has 0 radical (unpaired) electrons. The van der Waals surface area contributed by atoms with Crippen LogP contribution < -0.4 is 5.32 Å². The van der Waals surface area contributed by atoms with Gasteiger partial charge in [-0.1, -0.05) is 60.1 Å². The van der Waals surface area contributed by atoms with E-state index in [-0.39, 0.29) is 12.5 Å². The molecule has 0 unspecified atom stereocenters. The summed E-state index contributed by atoms with van der Waals surface area (Å²) in [5.74, 6) is 0.151. The lowest BCUT2D eigenvalue weighted by atomic mass is 10.1. The van der Waals surface area contributed by atoms with Crippen molar-refractivity contribution in [3.8, 4) is 11.4 Å². The highest BCUT2D eigenvalue weighted by Gasteiger charge is 2.12. The summed E-state index contributed by atoms with van der Waals surface area (Å²) in [5.41, 5.74) is 1.43. The van der Waals surface area contributed by atoms with Gasteiger partial charge in [-0.2, -0.15) is 4.80 Å². The summed E-state index contributed by atoms with van der Waals surface area (Å²) in [6.07, 6.45) is 0. The van der Waals surface area contributed by atoms with Crippen LogP contribution in [0.2, 0.25) is 5.02 Å². The highest BCUT2D eigenvalue weighted by Crippen LogP contribution is 2.24. The van der Waals surface area contributed by atoms with Crippen LogP contribution in [0.15, 0.2) is 66.7 Å². The first-order valence-corrected chi connectivity index (χ1v) is 8.39. The van der Waals surface area contributed by atoms with Crippen molar-refractivity contribution >= 4 is 34.0 Å². The van der Waals surface area contributed by atoms with E-state index < -0.39 is 0 Å². The van der Waals surface area contributed by atoms with Crippen LogP contribution in [0.3, 0.4) is 0 Å². The summed E-state index contributed by atoms with van der Waals surface area (Å²) in [6.45, 7) is -0.0410. The number of halogens is 1. The molecule has 4 rings (SSSR count). The van der Waals surface area contributed by atoms with E-state index in [4.69, 9.17) is 11.6 Å². The van der Waals surface area contributed by atoms with Gasteiger partial charge in [-0.3, -0.25) is 4.79 Å². The molecular weight excluding hydrogens is 350 g/mol. The van der Waals surface area contributed by atoms with E-state index in [1.807, 2.05) is 54.6 Å². The predicted octanol–water partition coefficient (Wildman–Crippen LogP) is 3.79. The van der Waals surface area contributed by atoms with Gasteiger partial charge in [0.15, 0.2) is 0 Å². The van der Waals surface area contributed by atoms with Crippen LogP contribution in [-0.2, 0) is 11.3 Å². The SMILES string of the molecule is O=C(Cn1nnc(-c2ccccc2Cl)n1)Nc1cccc2ccccc12. The quantitative estimate of drug-likeness (QED) is 0.598. The fraction of sp³-hybridized carbons (Fsp3) is 0.0526. The minimum atomic E-state index is -0.232. The summed E-state index contributed by atoms with van der Waals surface area (Å²) >= 11 is 6.14. The van der Waals surface area contributed by atoms with Crippen LogP contribution in [-0.4, -0.2) is 26.1 Å². The number of hydrogen-bond acceptors (Lipinski definition) is 4. The predicted molar refractivity (Wildman–Crippen MR) is 101 cm³/mol. The number of benzene rings is 3. The molecule has 128 valence electrons. The van der Waals surface area contributed by atoms with Crippen LogP contribution in [0, 0.1) is 0 Å². The fourth-order valence-corrected chi connectivity index (χ4v) is 2.93. The molecule has 0 atom stereocenters. The van der Waals surface area contributed by atoms with Gasteiger partial charge in [0.1, 0.15) is 6.54 Å². The zero-order valence-corrected chi connectivity index (χ0v) is 14.4. The average molecular weight is 364 g/mol. The molecule has 4 aromatic rings. The zero-order valence-electron chi connectivity index (χ0n) is 13.6. The molecule has 0 aliphatic heterocycles. The van der Waals surface area contributed by atoms with Gasteiger partial charge < -0.3 is 5.32 Å². The maximum absolute atomic E-state index is 12.4. The third-order valence-electron chi connectivity index (χ3n) is 3.92. The zero-order chi connectivity index (χ0) is 17.9. The first-order valence-electron chi connectivity index (χ1n) is 8.01. The molecule has 0 aliphatic carbocycles. The maximum atomic E-state index is 12.4. The smallest absolute Gasteiger partial charge is 0.248 e. The van der Waals surface area contributed by atoms with Crippen molar-refractivity contribution in [1.29, 1.82) is 0 Å². The van der Waals surface area contributed by atoms with Crippen LogP contribution in [0.4, 0.5) is 5.69 Å². The summed E-state index contributed by atoms with van der Waals surface area (Å²) < 4.78 is 0. The molecule has 0 bridgehead atoms. The van der Waals surface area contributed by atoms with Gasteiger partial charge in [-0.05, 0) is 28.8 Å². The lowest BCUT2D eigenvalue weighted by Gasteiger charge is -2.08. The molecule has 6 nitrogen and oxygen atoms in total. The molecule has 1 heterocycles. The van der Waals surface area contributed by atoms with Gasteiger partial charge in [0.05, 0.1) is 5.02 Å². The number of tetrazole rings is 1. The lowest BCUT2D eigenvalue weighted by molar-refractivity contribution is -0.117. The van der Waals surface area contributed by atoms with Crippen LogP contribution >= 0.6 is 11.6 Å². The van der Waals surface area contributed by atoms with E-state index >= 15 is 0 Å². The Morgan fingerprint density at radius 2 is 1.77 bits per heavy atom. The Morgan fingerprint density at radius 3 is 2.65 bits per heavy atom. The van der Waals surface area contributed by atoms with Gasteiger partial charge >= 0.3 is 0 Å². The minimum absolute atomic E-state index is 0.0410. The Morgan fingerprint density at radius 1 is 1.00 bits per heavy atom. The number of aromatic nitrogens is 4. The molecule has 26 heavy (non-hydrogen) atoms. The average Bonchev–Trinajstić information content (AvgIpc) is 3.10. The van der Waals surface area contributed by atoms with Crippen LogP contribution in [0.25, 0.3) is 22.2 Å². The molecule has 3 aromatic carbocycles. The minimum Gasteiger partial charge on any atom is -0.324 e. The highest BCUT2D eigenvalue weighted by molar-refractivity contribution is 6.33. The molecular formula is C19H14ClN5O. The number of carbonyl (C=O) groups excluding carboxylic acids is 1. The van der Waals surface area contributed by atoms with Crippen molar-refractivity contribution in [3.05, 3.63) is 71.8 Å². The highest BCUT2D eigenvalue weighted by atomic mass is 35.5. The van der Waals surface area contributed by atoms with E-state index in [1.165, 1.54) is 4.80 Å². The van der Waals surface area contributed by atoms with Crippen LogP contribution in [0.1, 0.15) is 0 Å². The molecule has 0 saturated heterocycles. The fourth-order valence-electron chi connectivity index (χ4n) is 2.71. The second-order valence-electron chi connectivity index (χ2n) is 5.70. The van der Waals surface area contributed by atoms with E-state index in [0.717, 1.165) is 16.5 Å². The van der Waals surface area contributed by atoms with Gasteiger partial charge in [0.25, 0.3) is 0 Å². The summed E-state index contributed by atoms with van der Waals surface area (Å²) in [7, 11) is 0. The molecule has 7 heteroatoms. The van der Waals surface area contributed by atoms with Crippen molar-refractivity contribution in [2.75, 3.05) is 5.32 Å². The van der Waals surface area contributed by atoms with Gasteiger partial charge in [-0.15, -0.1) is 10.2 Å². The molecule has 0 aliphatic rings. The summed E-state index contributed by atoms with van der Waals surface area (Å²) in [6, 6.07) is 20.9. The number of nitrogens with one attached hydrogen (secondary N) is 1. The second kappa shape index (κ2) is 6.93. The molecule has 1 amide bonds. The normalized spacial score (nSPS) is 10.8. The number of carbonyl (C=O) groups is 1. The standard InChI is InChI=1S/C19H14ClN5O/c20-16-10-4-3-9-15(16)19-22-24-25(23-19)12-18(26)21-17-11-5-7-13-6-1-2-8-14(13)17/h1-11H,12H2,(H,21,26). The summed E-state index contributed by atoms with van der Waals surface area (Å²) in [4.78, 5) is 13.6. The number of amides is 1. The van der Waals surface area contributed by atoms with Crippen LogP contribution in [0.5, 0.6) is 0 Å². The molecule has 0 saturated carbocycles. The Hall–Kier alpha value is -3.25. The van der Waals surface area contributed by atoms with Crippen molar-refractivity contribution in [2.45, 2.75) is 6.54 Å². The molecule has 1 N–H and O–H groups in total.